The molecular weight excluding hydrogens is 222 g/mol. The normalized spacial score (nSPS) is 12.4. The Bertz CT molecular complexity index is 325. The van der Waals surface area contributed by atoms with E-state index < -0.39 is 0 Å². The van der Waals surface area contributed by atoms with Gasteiger partial charge in [-0.05, 0) is 50.3 Å². The monoisotopic (exact) mass is 249 g/mol. The van der Waals surface area contributed by atoms with E-state index in [-0.39, 0.29) is 0 Å². The van der Waals surface area contributed by atoms with E-state index in [1.54, 1.807) is 7.11 Å². The van der Waals surface area contributed by atoms with E-state index in [0.29, 0.717) is 6.04 Å². The van der Waals surface area contributed by atoms with Gasteiger partial charge in [0.05, 0.1) is 7.11 Å². The molecule has 0 aliphatic heterocycles. The Balaban J connectivity index is 2.35. The van der Waals surface area contributed by atoms with Crippen molar-refractivity contribution in [2.24, 2.45) is 0 Å². The van der Waals surface area contributed by atoms with Crippen molar-refractivity contribution < 1.29 is 4.74 Å². The molecule has 0 radical (unpaired) electrons. The fourth-order valence-corrected chi connectivity index (χ4v) is 2.25. The largest absolute Gasteiger partial charge is 0.496 e. The van der Waals surface area contributed by atoms with Crippen molar-refractivity contribution in [1.82, 2.24) is 5.32 Å². The van der Waals surface area contributed by atoms with Crippen molar-refractivity contribution in [1.29, 1.82) is 0 Å². The van der Waals surface area contributed by atoms with Crippen LogP contribution in [0.5, 0.6) is 5.75 Å². The van der Waals surface area contributed by atoms with E-state index in [1.165, 1.54) is 31.2 Å². The Kier molecular flexibility index (Phi) is 7.51. The summed E-state index contributed by atoms with van der Waals surface area (Å²) in [7, 11) is 1.75. The smallest absolute Gasteiger partial charge is 0.122 e. The van der Waals surface area contributed by atoms with Crippen molar-refractivity contribution in [3.8, 4) is 5.75 Å². The van der Waals surface area contributed by atoms with Crippen LogP contribution >= 0.6 is 0 Å². The summed E-state index contributed by atoms with van der Waals surface area (Å²) >= 11 is 0. The molecule has 0 fully saturated rings. The fourth-order valence-electron chi connectivity index (χ4n) is 2.25. The highest BCUT2D eigenvalue weighted by Gasteiger charge is 2.06. The molecule has 0 bridgehead atoms. The molecule has 2 nitrogen and oxygen atoms in total. The minimum Gasteiger partial charge on any atom is -0.496 e. The molecule has 1 N–H and O–H groups in total. The van der Waals surface area contributed by atoms with Gasteiger partial charge >= 0.3 is 0 Å². The number of hydrogen-bond acceptors (Lipinski definition) is 2. The predicted molar refractivity (Wildman–Crippen MR) is 78.3 cm³/mol. The standard InChI is InChI=1S/C16H27NO/c1-4-13-17-15(5-2)11-8-10-14-9-6-7-12-16(14)18-3/h6-7,9,12,15,17H,4-5,8,10-11,13H2,1-3H3. The molecule has 0 amide bonds. The quantitative estimate of drug-likeness (QED) is 0.719. The number of aryl methyl sites for hydroxylation is 1. The van der Waals surface area contributed by atoms with Crippen molar-refractivity contribution >= 4 is 0 Å². The number of benzene rings is 1. The maximum absolute atomic E-state index is 5.38. The zero-order valence-corrected chi connectivity index (χ0v) is 12.0. The molecule has 2 heteroatoms. The number of ether oxygens (including phenoxy) is 1. The van der Waals surface area contributed by atoms with Gasteiger partial charge in [-0.25, -0.2) is 0 Å². The van der Waals surface area contributed by atoms with Crippen molar-refractivity contribution in [2.75, 3.05) is 13.7 Å². The minimum atomic E-state index is 0.666. The lowest BCUT2D eigenvalue weighted by Gasteiger charge is -2.16. The lowest BCUT2D eigenvalue weighted by molar-refractivity contribution is 0.406. The third kappa shape index (κ3) is 5.09. The molecule has 18 heavy (non-hydrogen) atoms. The second-order valence-corrected chi connectivity index (χ2v) is 4.76. The molecule has 0 aliphatic rings. The second-order valence-electron chi connectivity index (χ2n) is 4.76. The first-order chi connectivity index (χ1) is 8.81. The summed E-state index contributed by atoms with van der Waals surface area (Å²) in [5, 5.41) is 3.60. The molecule has 0 heterocycles. The summed E-state index contributed by atoms with van der Waals surface area (Å²) < 4.78 is 5.38. The van der Waals surface area contributed by atoms with E-state index in [4.69, 9.17) is 4.74 Å². The van der Waals surface area contributed by atoms with Gasteiger partial charge in [0, 0.05) is 6.04 Å². The molecule has 1 unspecified atom stereocenters. The fraction of sp³-hybridized carbons (Fsp3) is 0.625. The molecule has 102 valence electrons. The lowest BCUT2D eigenvalue weighted by Crippen LogP contribution is -2.29. The molecule has 0 aliphatic carbocycles. The molecule has 0 saturated heterocycles. The van der Waals surface area contributed by atoms with Crippen LogP contribution in [0.25, 0.3) is 0 Å². The average molecular weight is 249 g/mol. The van der Waals surface area contributed by atoms with Crippen LogP contribution in [0.4, 0.5) is 0 Å². The van der Waals surface area contributed by atoms with E-state index in [9.17, 15) is 0 Å². The molecule has 1 rings (SSSR count). The number of nitrogens with one attached hydrogen (secondary N) is 1. The Morgan fingerprint density at radius 3 is 2.67 bits per heavy atom. The molecule has 1 atom stereocenters. The van der Waals surface area contributed by atoms with Crippen LogP contribution in [0.1, 0.15) is 45.1 Å². The summed E-state index contributed by atoms with van der Waals surface area (Å²) in [6.45, 7) is 5.61. The summed E-state index contributed by atoms with van der Waals surface area (Å²) in [6, 6.07) is 8.99. The third-order valence-corrected chi connectivity index (χ3v) is 3.37. The van der Waals surface area contributed by atoms with Gasteiger partial charge in [0.25, 0.3) is 0 Å². The first-order valence-corrected chi connectivity index (χ1v) is 7.17. The molecule has 1 aromatic carbocycles. The van der Waals surface area contributed by atoms with Crippen LogP contribution < -0.4 is 10.1 Å². The van der Waals surface area contributed by atoms with Crippen LogP contribution in [0.3, 0.4) is 0 Å². The van der Waals surface area contributed by atoms with Crippen molar-refractivity contribution in [2.45, 2.75) is 52.0 Å². The minimum absolute atomic E-state index is 0.666. The maximum Gasteiger partial charge on any atom is 0.122 e. The van der Waals surface area contributed by atoms with Gasteiger partial charge in [-0.2, -0.15) is 0 Å². The lowest BCUT2D eigenvalue weighted by atomic mass is 10.0. The van der Waals surface area contributed by atoms with Crippen LogP contribution in [0.15, 0.2) is 24.3 Å². The number of rotatable bonds is 9. The third-order valence-electron chi connectivity index (χ3n) is 3.37. The van der Waals surface area contributed by atoms with Gasteiger partial charge in [0.1, 0.15) is 5.75 Å². The molecule has 0 spiro atoms. The molecule has 1 aromatic rings. The summed E-state index contributed by atoms with van der Waals surface area (Å²) in [5.74, 6) is 1.02. The molecule has 0 saturated carbocycles. The van der Waals surface area contributed by atoms with Gasteiger partial charge in [0.2, 0.25) is 0 Å². The van der Waals surface area contributed by atoms with Crippen LogP contribution in [0.2, 0.25) is 0 Å². The highest BCUT2D eigenvalue weighted by Crippen LogP contribution is 2.19. The first-order valence-electron chi connectivity index (χ1n) is 7.17. The zero-order chi connectivity index (χ0) is 13.2. The molecular formula is C16H27NO. The van der Waals surface area contributed by atoms with Crippen LogP contribution in [0, 0.1) is 0 Å². The van der Waals surface area contributed by atoms with Crippen LogP contribution in [-0.2, 0) is 6.42 Å². The van der Waals surface area contributed by atoms with Gasteiger partial charge in [-0.3, -0.25) is 0 Å². The summed E-state index contributed by atoms with van der Waals surface area (Å²) in [5.41, 5.74) is 1.32. The van der Waals surface area contributed by atoms with Crippen molar-refractivity contribution in [3.05, 3.63) is 29.8 Å². The number of para-hydroxylation sites is 1. The van der Waals surface area contributed by atoms with E-state index in [1.807, 2.05) is 12.1 Å². The zero-order valence-electron chi connectivity index (χ0n) is 12.0. The SMILES string of the molecule is CCCNC(CC)CCCc1ccccc1OC. The summed E-state index contributed by atoms with van der Waals surface area (Å²) in [6.07, 6.45) is 5.99. The maximum atomic E-state index is 5.38. The Morgan fingerprint density at radius 2 is 2.00 bits per heavy atom. The Hall–Kier alpha value is -1.02. The van der Waals surface area contributed by atoms with Gasteiger partial charge in [0.15, 0.2) is 0 Å². The number of methoxy groups -OCH3 is 1. The highest BCUT2D eigenvalue weighted by atomic mass is 16.5. The van der Waals surface area contributed by atoms with Crippen LogP contribution in [-0.4, -0.2) is 19.7 Å². The van der Waals surface area contributed by atoms with Gasteiger partial charge in [-0.1, -0.05) is 32.0 Å². The highest BCUT2D eigenvalue weighted by molar-refractivity contribution is 5.33. The van der Waals surface area contributed by atoms with E-state index >= 15 is 0 Å². The number of hydrogen-bond donors (Lipinski definition) is 1. The second kappa shape index (κ2) is 8.98. The first kappa shape index (κ1) is 15.0. The van der Waals surface area contributed by atoms with E-state index in [0.717, 1.165) is 18.7 Å². The Labute approximate surface area is 112 Å². The Morgan fingerprint density at radius 1 is 1.22 bits per heavy atom. The molecule has 0 aromatic heterocycles. The van der Waals surface area contributed by atoms with Crippen molar-refractivity contribution in [3.63, 3.8) is 0 Å². The topological polar surface area (TPSA) is 21.3 Å². The van der Waals surface area contributed by atoms with Gasteiger partial charge in [-0.15, -0.1) is 0 Å². The predicted octanol–water partition coefficient (Wildman–Crippen LogP) is 3.80. The van der Waals surface area contributed by atoms with E-state index in [2.05, 4.69) is 31.3 Å². The summed E-state index contributed by atoms with van der Waals surface area (Å²) in [4.78, 5) is 0. The average Bonchev–Trinajstić information content (AvgIpc) is 2.43. The van der Waals surface area contributed by atoms with Gasteiger partial charge < -0.3 is 10.1 Å².